The van der Waals surface area contributed by atoms with Crippen molar-refractivity contribution in [1.82, 2.24) is 19.6 Å². The van der Waals surface area contributed by atoms with Gasteiger partial charge in [-0.2, -0.15) is 0 Å². The van der Waals surface area contributed by atoms with Gasteiger partial charge in [0, 0.05) is 43.7 Å². The Bertz CT molecular complexity index is 808. The van der Waals surface area contributed by atoms with E-state index in [2.05, 4.69) is 21.7 Å². The minimum absolute atomic E-state index is 0.0913. The Morgan fingerprint density at radius 2 is 1.61 bits per heavy atom. The molecule has 0 radical (unpaired) electrons. The van der Waals surface area contributed by atoms with Crippen molar-refractivity contribution < 1.29 is 14.3 Å². The summed E-state index contributed by atoms with van der Waals surface area (Å²) < 4.78 is 5.26. The molecule has 0 aromatic heterocycles. The van der Waals surface area contributed by atoms with E-state index in [-0.39, 0.29) is 11.8 Å². The molecule has 3 aliphatic rings. The molecule has 0 atom stereocenters. The highest BCUT2D eigenvalue weighted by atomic mass is 16.5. The van der Waals surface area contributed by atoms with Crippen LogP contribution in [0.4, 0.5) is 0 Å². The largest absolute Gasteiger partial charge is 0.497 e. The Hall–Kier alpha value is -2.12. The number of hydrogen-bond donors (Lipinski definition) is 0. The summed E-state index contributed by atoms with van der Waals surface area (Å²) in [5.41, 5.74) is 0.695. The Morgan fingerprint density at radius 3 is 2.24 bits per heavy atom. The van der Waals surface area contributed by atoms with E-state index in [0.717, 1.165) is 83.5 Å². The molecule has 1 aromatic rings. The number of carbonyl (C=O) groups is 2. The third kappa shape index (κ3) is 5.69. The zero-order chi connectivity index (χ0) is 23.4. The normalized spacial score (nSPS) is 22.3. The van der Waals surface area contributed by atoms with Gasteiger partial charge >= 0.3 is 0 Å². The zero-order valence-corrected chi connectivity index (χ0v) is 20.5. The summed E-state index contributed by atoms with van der Waals surface area (Å²) in [6.07, 6.45) is 6.10. The van der Waals surface area contributed by atoms with Gasteiger partial charge in [-0.25, -0.2) is 0 Å². The minimum Gasteiger partial charge on any atom is -0.497 e. The first-order valence-electron chi connectivity index (χ1n) is 12.6. The summed E-state index contributed by atoms with van der Waals surface area (Å²) in [6.45, 7) is 5.73. The molecule has 0 N–H and O–H groups in total. The monoisotopic (exact) mass is 456 g/mol. The SMILES string of the molecule is COc1cccc(C(=O)N2CCC(N3CCC(C(=O)N(C)C4CCN(C)CC4)CC3)CC2)c1. The van der Waals surface area contributed by atoms with Crippen LogP contribution in [0.5, 0.6) is 5.75 Å². The Balaban J connectivity index is 1.22. The first-order valence-corrected chi connectivity index (χ1v) is 12.6. The number of piperidine rings is 3. The van der Waals surface area contributed by atoms with E-state index >= 15 is 0 Å². The maximum Gasteiger partial charge on any atom is 0.253 e. The predicted octanol–water partition coefficient (Wildman–Crippen LogP) is 2.56. The molecule has 3 saturated heterocycles. The van der Waals surface area contributed by atoms with Crippen LogP contribution in [0, 0.1) is 5.92 Å². The minimum atomic E-state index is 0.0913. The average molecular weight is 457 g/mol. The number of benzene rings is 1. The molecule has 7 nitrogen and oxygen atoms in total. The molecule has 0 aliphatic carbocycles. The summed E-state index contributed by atoms with van der Waals surface area (Å²) in [7, 11) is 5.80. The molecular formula is C26H40N4O3. The van der Waals surface area contributed by atoms with Crippen molar-refractivity contribution in [2.45, 2.75) is 50.6 Å². The highest BCUT2D eigenvalue weighted by molar-refractivity contribution is 5.94. The van der Waals surface area contributed by atoms with E-state index in [1.54, 1.807) is 7.11 Å². The van der Waals surface area contributed by atoms with Gasteiger partial charge < -0.3 is 24.3 Å². The number of carbonyl (C=O) groups excluding carboxylic acids is 2. The summed E-state index contributed by atoms with van der Waals surface area (Å²) >= 11 is 0. The van der Waals surface area contributed by atoms with Gasteiger partial charge in [0.2, 0.25) is 5.91 Å². The third-order valence-electron chi connectivity index (χ3n) is 8.05. The molecule has 3 aliphatic heterocycles. The lowest BCUT2D eigenvalue weighted by Gasteiger charge is -2.43. The molecule has 0 saturated carbocycles. The van der Waals surface area contributed by atoms with E-state index in [0.29, 0.717) is 23.6 Å². The van der Waals surface area contributed by atoms with Gasteiger partial charge in [-0.05, 0) is 90.0 Å². The van der Waals surface area contributed by atoms with Gasteiger partial charge in [0.15, 0.2) is 0 Å². The molecule has 3 heterocycles. The van der Waals surface area contributed by atoms with Crippen molar-refractivity contribution >= 4 is 11.8 Å². The van der Waals surface area contributed by atoms with E-state index in [9.17, 15) is 9.59 Å². The molecule has 0 spiro atoms. The van der Waals surface area contributed by atoms with Gasteiger partial charge in [-0.15, -0.1) is 0 Å². The summed E-state index contributed by atoms with van der Waals surface area (Å²) in [4.78, 5) is 34.9. The van der Waals surface area contributed by atoms with E-state index in [1.165, 1.54) is 0 Å². The van der Waals surface area contributed by atoms with Crippen LogP contribution in [-0.2, 0) is 4.79 Å². The molecular weight excluding hydrogens is 416 g/mol. The molecule has 33 heavy (non-hydrogen) atoms. The van der Waals surface area contributed by atoms with E-state index < -0.39 is 0 Å². The van der Waals surface area contributed by atoms with Crippen LogP contribution < -0.4 is 4.74 Å². The lowest BCUT2D eigenvalue weighted by Crippen LogP contribution is -2.51. The molecule has 3 fully saturated rings. The number of nitrogens with zero attached hydrogens (tertiary/aromatic N) is 4. The zero-order valence-electron chi connectivity index (χ0n) is 20.5. The van der Waals surface area contributed by atoms with Gasteiger partial charge in [0.05, 0.1) is 7.11 Å². The van der Waals surface area contributed by atoms with Crippen LogP contribution in [0.1, 0.15) is 48.9 Å². The molecule has 0 unspecified atom stereocenters. The van der Waals surface area contributed by atoms with Gasteiger partial charge in [0.25, 0.3) is 5.91 Å². The summed E-state index contributed by atoms with van der Waals surface area (Å²) in [5.74, 6) is 1.33. The maximum absolute atomic E-state index is 13.1. The quantitative estimate of drug-likeness (QED) is 0.682. The van der Waals surface area contributed by atoms with Gasteiger partial charge in [0.1, 0.15) is 5.75 Å². The fourth-order valence-electron chi connectivity index (χ4n) is 5.73. The van der Waals surface area contributed by atoms with Crippen LogP contribution in [0.15, 0.2) is 24.3 Å². The smallest absolute Gasteiger partial charge is 0.253 e. The van der Waals surface area contributed by atoms with Crippen LogP contribution >= 0.6 is 0 Å². The van der Waals surface area contributed by atoms with Gasteiger partial charge in [-0.3, -0.25) is 9.59 Å². The number of amides is 2. The molecule has 7 heteroatoms. The van der Waals surface area contributed by atoms with Crippen molar-refractivity contribution in [3.05, 3.63) is 29.8 Å². The second-order valence-corrected chi connectivity index (χ2v) is 10.0. The van der Waals surface area contributed by atoms with Gasteiger partial charge in [-0.1, -0.05) is 6.07 Å². The fourth-order valence-corrected chi connectivity index (χ4v) is 5.73. The summed E-state index contributed by atoms with van der Waals surface area (Å²) in [5, 5.41) is 0. The van der Waals surface area contributed by atoms with E-state index in [1.807, 2.05) is 36.2 Å². The Labute approximate surface area is 198 Å². The second kappa shape index (κ2) is 10.9. The van der Waals surface area contributed by atoms with Crippen molar-refractivity contribution in [3.63, 3.8) is 0 Å². The lowest BCUT2D eigenvalue weighted by atomic mass is 9.91. The van der Waals surface area contributed by atoms with Crippen molar-refractivity contribution in [2.75, 3.05) is 60.5 Å². The number of ether oxygens (including phenoxy) is 1. The number of likely N-dealkylation sites (tertiary alicyclic amines) is 3. The maximum atomic E-state index is 13.1. The molecule has 4 rings (SSSR count). The van der Waals surface area contributed by atoms with Crippen LogP contribution in [0.25, 0.3) is 0 Å². The lowest BCUT2D eigenvalue weighted by molar-refractivity contribution is -0.139. The standard InChI is InChI=1S/C26H40N4O3/c1-27-13-9-22(10-14-27)28(2)25(31)20-7-15-29(16-8-20)23-11-17-30(18-12-23)26(32)21-5-4-6-24(19-21)33-3/h4-6,19-20,22-23H,7-18H2,1-3H3. The molecule has 2 amide bonds. The Morgan fingerprint density at radius 1 is 0.939 bits per heavy atom. The number of rotatable bonds is 5. The molecule has 1 aromatic carbocycles. The second-order valence-electron chi connectivity index (χ2n) is 10.0. The highest BCUT2D eigenvalue weighted by Gasteiger charge is 2.34. The van der Waals surface area contributed by atoms with Crippen LogP contribution in [0.2, 0.25) is 0 Å². The predicted molar refractivity (Wildman–Crippen MR) is 130 cm³/mol. The fraction of sp³-hybridized carbons (Fsp3) is 0.692. The van der Waals surface area contributed by atoms with Crippen LogP contribution in [0.3, 0.4) is 0 Å². The third-order valence-corrected chi connectivity index (χ3v) is 8.05. The Kier molecular flexibility index (Phi) is 7.91. The van der Waals surface area contributed by atoms with E-state index in [4.69, 9.17) is 4.74 Å². The average Bonchev–Trinajstić information content (AvgIpc) is 2.88. The van der Waals surface area contributed by atoms with Crippen molar-refractivity contribution in [3.8, 4) is 5.75 Å². The number of hydrogen-bond acceptors (Lipinski definition) is 5. The molecule has 182 valence electrons. The number of methoxy groups -OCH3 is 1. The van der Waals surface area contributed by atoms with Crippen molar-refractivity contribution in [1.29, 1.82) is 0 Å². The van der Waals surface area contributed by atoms with Crippen LogP contribution in [-0.4, -0.2) is 104 Å². The highest BCUT2D eigenvalue weighted by Crippen LogP contribution is 2.27. The first-order chi connectivity index (χ1) is 16.0. The summed E-state index contributed by atoms with van der Waals surface area (Å²) in [6, 6.07) is 8.33. The topological polar surface area (TPSA) is 56.3 Å². The van der Waals surface area contributed by atoms with Crippen molar-refractivity contribution in [2.24, 2.45) is 5.92 Å². The molecule has 0 bridgehead atoms. The first kappa shape index (κ1) is 24.0.